The van der Waals surface area contributed by atoms with E-state index < -0.39 is 27.5 Å². The van der Waals surface area contributed by atoms with Crippen molar-refractivity contribution in [1.29, 1.82) is 0 Å². The first-order chi connectivity index (χ1) is 9.76. The highest BCUT2D eigenvalue weighted by Gasteiger charge is 2.30. The molecule has 1 aromatic heterocycles. The second kappa shape index (κ2) is 5.68. The average molecular weight is 317 g/mol. The molecule has 2 rings (SSSR count). The maximum atomic E-state index is 12.6. The number of nitrogens with zero attached hydrogens (tertiary/aromatic N) is 2. The van der Waals surface area contributed by atoms with Gasteiger partial charge >= 0.3 is 6.18 Å². The molecule has 0 saturated carbocycles. The van der Waals surface area contributed by atoms with Crippen LogP contribution in [0.3, 0.4) is 0 Å². The molecule has 0 unspecified atom stereocenters. The minimum atomic E-state index is -4.52. The quantitative estimate of drug-likeness (QED) is 0.940. The van der Waals surface area contributed by atoms with Crippen molar-refractivity contribution in [3.05, 3.63) is 54.0 Å². The molecule has 5 nitrogen and oxygen atoms in total. The summed E-state index contributed by atoms with van der Waals surface area (Å²) in [6, 6.07) is 4.16. The number of rotatable bonds is 4. The van der Waals surface area contributed by atoms with Gasteiger partial charge in [0.1, 0.15) is 0 Å². The van der Waals surface area contributed by atoms with E-state index in [1.165, 1.54) is 24.7 Å². The molecule has 0 bridgehead atoms. The number of nitrogens with one attached hydrogen (secondary N) is 1. The molecule has 1 N–H and O–H groups in total. The number of alkyl halides is 3. The third-order valence-corrected chi connectivity index (χ3v) is 3.67. The van der Waals surface area contributed by atoms with Crippen molar-refractivity contribution in [2.45, 2.75) is 11.9 Å². The van der Waals surface area contributed by atoms with Gasteiger partial charge < -0.3 is 0 Å². The van der Waals surface area contributed by atoms with Crippen molar-refractivity contribution in [3.8, 4) is 0 Å². The van der Waals surface area contributed by atoms with Crippen molar-refractivity contribution in [2.24, 2.45) is 0 Å². The summed E-state index contributed by atoms with van der Waals surface area (Å²) in [6.45, 7) is 0. The lowest BCUT2D eigenvalue weighted by Gasteiger charge is -2.10. The van der Waals surface area contributed by atoms with Crippen LogP contribution in [0.15, 0.2) is 42.9 Å². The minimum Gasteiger partial charge on any atom is -0.266 e. The van der Waals surface area contributed by atoms with Crippen LogP contribution in [0.1, 0.15) is 11.1 Å². The molecule has 0 atom stereocenters. The van der Waals surface area contributed by atoms with E-state index in [4.69, 9.17) is 0 Å². The molecule has 112 valence electrons. The van der Waals surface area contributed by atoms with Gasteiger partial charge in [0, 0.05) is 12.4 Å². The molecule has 1 heterocycles. The highest BCUT2D eigenvalue weighted by atomic mass is 32.2. The van der Waals surface area contributed by atoms with Crippen LogP contribution in [0.2, 0.25) is 0 Å². The number of benzene rings is 1. The number of sulfonamides is 1. The van der Waals surface area contributed by atoms with E-state index in [1.54, 1.807) is 0 Å². The Bertz CT molecular complexity index is 718. The lowest BCUT2D eigenvalue weighted by atomic mass is 10.1. The lowest BCUT2D eigenvalue weighted by molar-refractivity contribution is -0.137. The predicted molar refractivity (Wildman–Crippen MR) is 69.7 cm³/mol. The fraction of sp³-hybridized carbons (Fsp3) is 0.167. The van der Waals surface area contributed by atoms with E-state index in [0.29, 0.717) is 0 Å². The Morgan fingerprint density at radius 2 is 1.95 bits per heavy atom. The highest BCUT2D eigenvalue weighted by molar-refractivity contribution is 7.91. The van der Waals surface area contributed by atoms with Gasteiger partial charge in [0.25, 0.3) is 0 Å². The first-order valence-corrected chi connectivity index (χ1v) is 7.34. The van der Waals surface area contributed by atoms with Gasteiger partial charge in [0.05, 0.1) is 17.5 Å². The molecule has 0 aliphatic rings. The van der Waals surface area contributed by atoms with Gasteiger partial charge in [0.2, 0.25) is 10.0 Å². The number of hydrogen-bond acceptors (Lipinski definition) is 4. The Morgan fingerprint density at radius 3 is 2.57 bits per heavy atom. The SMILES string of the molecule is O=S(=O)(Cc1cccc(C(F)(F)F)c1)Nc1cnccn1. The molecular formula is C12H10F3N3O2S. The van der Waals surface area contributed by atoms with Crippen molar-refractivity contribution >= 4 is 15.8 Å². The summed E-state index contributed by atoms with van der Waals surface area (Å²) < 4.78 is 63.6. The van der Waals surface area contributed by atoms with Gasteiger partial charge in [-0.2, -0.15) is 13.2 Å². The summed E-state index contributed by atoms with van der Waals surface area (Å²) in [5.41, 5.74) is -0.865. The number of hydrogen-bond donors (Lipinski definition) is 1. The average Bonchev–Trinajstić information content (AvgIpc) is 2.38. The number of aromatic nitrogens is 2. The molecule has 0 aliphatic heterocycles. The van der Waals surface area contributed by atoms with E-state index in [0.717, 1.165) is 18.2 Å². The molecule has 0 radical (unpaired) electrons. The molecule has 0 aliphatic carbocycles. The first kappa shape index (κ1) is 15.2. The standard InChI is InChI=1S/C12H10F3N3O2S/c13-12(14,15)10-3-1-2-9(6-10)8-21(19,20)18-11-7-16-4-5-17-11/h1-7H,8H2,(H,17,18). The fourth-order valence-corrected chi connectivity index (χ4v) is 2.72. The Morgan fingerprint density at radius 1 is 1.19 bits per heavy atom. The van der Waals surface area contributed by atoms with E-state index in [1.807, 2.05) is 0 Å². The number of anilines is 1. The summed E-state index contributed by atoms with van der Waals surface area (Å²) in [6.07, 6.45) is -0.658. The monoisotopic (exact) mass is 317 g/mol. The van der Waals surface area contributed by atoms with E-state index >= 15 is 0 Å². The van der Waals surface area contributed by atoms with Gasteiger partial charge in [-0.1, -0.05) is 18.2 Å². The Balaban J connectivity index is 2.17. The molecular weight excluding hydrogens is 307 g/mol. The zero-order chi connectivity index (χ0) is 15.5. The van der Waals surface area contributed by atoms with Crippen molar-refractivity contribution in [3.63, 3.8) is 0 Å². The fourth-order valence-electron chi connectivity index (χ4n) is 1.60. The third-order valence-electron chi connectivity index (χ3n) is 2.43. The van der Waals surface area contributed by atoms with Crippen LogP contribution in [-0.4, -0.2) is 18.4 Å². The number of halogens is 3. The second-order valence-electron chi connectivity index (χ2n) is 4.15. The van der Waals surface area contributed by atoms with E-state index in [2.05, 4.69) is 14.7 Å². The largest absolute Gasteiger partial charge is 0.416 e. The molecule has 0 amide bonds. The van der Waals surface area contributed by atoms with Crippen molar-refractivity contribution < 1.29 is 21.6 Å². The summed E-state index contributed by atoms with van der Waals surface area (Å²) in [5.74, 6) is -0.586. The van der Waals surface area contributed by atoms with Crippen LogP contribution in [0.5, 0.6) is 0 Å². The Labute approximate surface area is 118 Å². The maximum absolute atomic E-state index is 12.6. The van der Waals surface area contributed by atoms with E-state index in [9.17, 15) is 21.6 Å². The maximum Gasteiger partial charge on any atom is 0.416 e. The van der Waals surface area contributed by atoms with Crippen LogP contribution in [0.25, 0.3) is 0 Å². The minimum absolute atomic E-state index is 0.00414. The zero-order valence-corrected chi connectivity index (χ0v) is 11.3. The molecule has 0 fully saturated rings. The van der Waals surface area contributed by atoms with Crippen LogP contribution < -0.4 is 4.72 Å². The van der Waals surface area contributed by atoms with Gasteiger partial charge in [-0.25, -0.2) is 13.4 Å². The first-order valence-electron chi connectivity index (χ1n) is 5.69. The summed E-state index contributed by atoms with van der Waals surface area (Å²) in [4.78, 5) is 7.41. The van der Waals surface area contributed by atoms with Gasteiger partial charge in [0.15, 0.2) is 5.82 Å². The molecule has 0 saturated heterocycles. The lowest BCUT2D eigenvalue weighted by Crippen LogP contribution is -2.16. The molecule has 1 aromatic carbocycles. The predicted octanol–water partition coefficient (Wildman–Crippen LogP) is 2.44. The summed E-state index contributed by atoms with van der Waals surface area (Å²) >= 11 is 0. The van der Waals surface area contributed by atoms with Crippen LogP contribution in [-0.2, 0) is 22.0 Å². The van der Waals surface area contributed by atoms with Gasteiger partial charge in [-0.05, 0) is 11.6 Å². The topological polar surface area (TPSA) is 72.0 Å². The molecule has 0 spiro atoms. The summed E-state index contributed by atoms with van der Waals surface area (Å²) in [7, 11) is -3.87. The zero-order valence-electron chi connectivity index (χ0n) is 10.5. The summed E-state index contributed by atoms with van der Waals surface area (Å²) in [5, 5.41) is 0. The van der Waals surface area contributed by atoms with Crippen LogP contribution in [0, 0.1) is 0 Å². The van der Waals surface area contributed by atoms with Gasteiger partial charge in [-0.15, -0.1) is 0 Å². The third kappa shape index (κ3) is 4.42. The van der Waals surface area contributed by atoms with Crippen LogP contribution in [0.4, 0.5) is 19.0 Å². The van der Waals surface area contributed by atoms with Crippen molar-refractivity contribution in [2.75, 3.05) is 4.72 Å². The highest BCUT2D eigenvalue weighted by Crippen LogP contribution is 2.29. The van der Waals surface area contributed by atoms with Crippen molar-refractivity contribution in [1.82, 2.24) is 9.97 Å². The van der Waals surface area contributed by atoms with Crippen LogP contribution >= 0.6 is 0 Å². The Kier molecular flexibility index (Phi) is 4.12. The van der Waals surface area contributed by atoms with Gasteiger partial charge in [-0.3, -0.25) is 9.71 Å². The molecule has 21 heavy (non-hydrogen) atoms. The smallest absolute Gasteiger partial charge is 0.266 e. The Hall–Kier alpha value is -2.16. The molecule has 9 heteroatoms. The normalized spacial score (nSPS) is 12.1. The van der Waals surface area contributed by atoms with E-state index in [-0.39, 0.29) is 11.4 Å². The molecule has 2 aromatic rings. The second-order valence-corrected chi connectivity index (χ2v) is 5.87.